The highest BCUT2D eigenvalue weighted by Gasteiger charge is 2.16. The molecule has 2 aromatic heterocycles. The van der Waals surface area contributed by atoms with Crippen LogP contribution in [0.3, 0.4) is 0 Å². The Bertz CT molecular complexity index is 803. The molecule has 0 aliphatic carbocycles. The van der Waals surface area contributed by atoms with E-state index in [2.05, 4.69) is 20.2 Å². The molecular formula is C14H16N6O. The molecule has 0 aliphatic heterocycles. The number of hydrogen-bond acceptors (Lipinski definition) is 4. The van der Waals surface area contributed by atoms with Crippen LogP contribution >= 0.6 is 0 Å². The molecule has 0 saturated carbocycles. The lowest BCUT2D eigenvalue weighted by Gasteiger charge is -2.13. The highest BCUT2D eigenvalue weighted by Crippen LogP contribution is 2.19. The van der Waals surface area contributed by atoms with E-state index >= 15 is 0 Å². The second-order valence-electron chi connectivity index (χ2n) is 5.03. The number of carbonyl (C=O) groups is 1. The highest BCUT2D eigenvalue weighted by atomic mass is 16.2. The number of aryl methyl sites for hydroxylation is 1. The number of nitrogen functional groups attached to an aromatic ring is 1. The molecule has 3 aromatic rings. The van der Waals surface area contributed by atoms with Crippen LogP contribution in [0.2, 0.25) is 0 Å². The summed E-state index contributed by atoms with van der Waals surface area (Å²) in [6, 6.07) is 7.29. The minimum atomic E-state index is -0.118. The van der Waals surface area contributed by atoms with Crippen LogP contribution in [0.4, 0.5) is 5.69 Å². The van der Waals surface area contributed by atoms with E-state index in [4.69, 9.17) is 5.73 Å². The molecular weight excluding hydrogens is 268 g/mol. The van der Waals surface area contributed by atoms with Gasteiger partial charge in [0.15, 0.2) is 5.82 Å². The zero-order chi connectivity index (χ0) is 15.0. The third-order valence-electron chi connectivity index (χ3n) is 3.24. The zero-order valence-corrected chi connectivity index (χ0v) is 11.8. The molecule has 0 spiro atoms. The number of fused-ring (bicyclic) bond motifs is 1. The third kappa shape index (κ3) is 2.58. The predicted octanol–water partition coefficient (Wildman–Crippen LogP) is 1.45. The Hall–Kier alpha value is -2.83. The number of anilines is 1. The molecule has 7 heteroatoms. The van der Waals surface area contributed by atoms with Gasteiger partial charge in [-0.15, -0.1) is 0 Å². The van der Waals surface area contributed by atoms with E-state index in [0.29, 0.717) is 23.8 Å². The van der Waals surface area contributed by atoms with Crippen molar-refractivity contribution in [2.24, 2.45) is 0 Å². The molecule has 3 rings (SSSR count). The Morgan fingerprint density at radius 3 is 2.90 bits per heavy atom. The monoisotopic (exact) mass is 284 g/mol. The standard InChI is InChI=1S/C14H16N6O/c1-8-16-13(19-18-8)7-20(2)14(21)12-6-9-5-10(15)3-4-11(9)17-12/h3-6,17H,7,15H2,1-2H3,(H,16,18,19). The van der Waals surface area contributed by atoms with Crippen LogP contribution in [0.15, 0.2) is 24.3 Å². The fourth-order valence-electron chi connectivity index (χ4n) is 2.22. The first-order chi connectivity index (χ1) is 10.0. The van der Waals surface area contributed by atoms with Gasteiger partial charge in [-0.25, -0.2) is 4.98 Å². The van der Waals surface area contributed by atoms with Crippen molar-refractivity contribution in [3.63, 3.8) is 0 Å². The SMILES string of the molecule is Cc1nc(CN(C)C(=O)c2cc3cc(N)ccc3[nH]2)n[nH]1. The van der Waals surface area contributed by atoms with Crippen LogP contribution in [-0.4, -0.2) is 38.0 Å². The van der Waals surface area contributed by atoms with Crippen molar-refractivity contribution >= 4 is 22.5 Å². The van der Waals surface area contributed by atoms with Crippen molar-refractivity contribution in [1.29, 1.82) is 0 Å². The molecule has 0 aliphatic rings. The van der Waals surface area contributed by atoms with E-state index in [9.17, 15) is 4.79 Å². The molecule has 21 heavy (non-hydrogen) atoms. The molecule has 0 bridgehead atoms. The molecule has 0 radical (unpaired) electrons. The summed E-state index contributed by atoms with van der Waals surface area (Å²) in [6.07, 6.45) is 0. The fourth-order valence-corrected chi connectivity index (χ4v) is 2.22. The topological polar surface area (TPSA) is 104 Å². The van der Waals surface area contributed by atoms with E-state index in [-0.39, 0.29) is 5.91 Å². The van der Waals surface area contributed by atoms with Gasteiger partial charge in [0.1, 0.15) is 11.5 Å². The Balaban J connectivity index is 1.82. The smallest absolute Gasteiger partial charge is 0.270 e. The number of nitrogens with two attached hydrogens (primary N) is 1. The van der Waals surface area contributed by atoms with Gasteiger partial charge in [0.05, 0.1) is 6.54 Å². The maximum absolute atomic E-state index is 12.4. The van der Waals surface area contributed by atoms with Crippen molar-refractivity contribution in [3.8, 4) is 0 Å². The Labute approximate surface area is 121 Å². The summed E-state index contributed by atoms with van der Waals surface area (Å²) in [7, 11) is 1.72. The number of aromatic amines is 2. The number of nitrogens with zero attached hydrogens (tertiary/aromatic N) is 3. The summed E-state index contributed by atoms with van der Waals surface area (Å²) in [5.41, 5.74) is 7.82. The van der Waals surface area contributed by atoms with Crippen molar-refractivity contribution in [2.75, 3.05) is 12.8 Å². The van der Waals surface area contributed by atoms with Crippen LogP contribution in [0.1, 0.15) is 22.1 Å². The molecule has 7 nitrogen and oxygen atoms in total. The molecule has 4 N–H and O–H groups in total. The highest BCUT2D eigenvalue weighted by molar-refractivity contribution is 5.98. The molecule has 108 valence electrons. The molecule has 2 heterocycles. The number of hydrogen-bond donors (Lipinski definition) is 3. The largest absolute Gasteiger partial charge is 0.399 e. The average Bonchev–Trinajstić information content (AvgIpc) is 3.03. The minimum Gasteiger partial charge on any atom is -0.399 e. The Kier molecular flexibility index (Phi) is 3.09. The first-order valence-electron chi connectivity index (χ1n) is 6.54. The summed E-state index contributed by atoms with van der Waals surface area (Å²) in [5, 5.41) is 7.71. The number of carbonyl (C=O) groups excluding carboxylic acids is 1. The predicted molar refractivity (Wildman–Crippen MR) is 79.6 cm³/mol. The van der Waals surface area contributed by atoms with E-state index in [1.54, 1.807) is 24.1 Å². The van der Waals surface area contributed by atoms with E-state index in [1.165, 1.54) is 0 Å². The van der Waals surface area contributed by atoms with E-state index in [1.807, 2.05) is 19.1 Å². The summed E-state index contributed by atoms with van der Waals surface area (Å²) in [6.45, 7) is 2.17. The van der Waals surface area contributed by atoms with Gasteiger partial charge in [-0.1, -0.05) is 0 Å². The molecule has 0 unspecified atom stereocenters. The van der Waals surface area contributed by atoms with Gasteiger partial charge in [-0.3, -0.25) is 9.89 Å². The van der Waals surface area contributed by atoms with Crippen LogP contribution in [0, 0.1) is 6.92 Å². The zero-order valence-electron chi connectivity index (χ0n) is 11.8. The van der Waals surface area contributed by atoms with Gasteiger partial charge in [-0.05, 0) is 31.2 Å². The third-order valence-corrected chi connectivity index (χ3v) is 3.24. The van der Waals surface area contributed by atoms with E-state index in [0.717, 1.165) is 16.7 Å². The number of nitrogens with one attached hydrogen (secondary N) is 2. The fraction of sp³-hybridized carbons (Fsp3) is 0.214. The maximum atomic E-state index is 12.4. The van der Waals surface area contributed by atoms with Crippen molar-refractivity contribution in [3.05, 3.63) is 41.6 Å². The minimum absolute atomic E-state index is 0.118. The van der Waals surface area contributed by atoms with Gasteiger partial charge >= 0.3 is 0 Å². The second kappa shape index (κ2) is 4.93. The number of amides is 1. The first kappa shape index (κ1) is 13.2. The summed E-state index contributed by atoms with van der Waals surface area (Å²) in [5.74, 6) is 1.20. The van der Waals surface area contributed by atoms with Gasteiger partial charge in [-0.2, -0.15) is 5.10 Å². The molecule has 0 atom stereocenters. The van der Waals surface area contributed by atoms with Gasteiger partial charge < -0.3 is 15.6 Å². The summed E-state index contributed by atoms with van der Waals surface area (Å²) in [4.78, 5) is 21.3. The molecule has 0 fully saturated rings. The van der Waals surface area contributed by atoms with Gasteiger partial charge in [0.2, 0.25) is 0 Å². The van der Waals surface area contributed by atoms with E-state index < -0.39 is 0 Å². The number of H-pyrrole nitrogens is 2. The molecule has 1 amide bonds. The van der Waals surface area contributed by atoms with Crippen LogP contribution in [0.25, 0.3) is 10.9 Å². The normalized spacial score (nSPS) is 11.0. The van der Waals surface area contributed by atoms with Crippen LogP contribution < -0.4 is 5.73 Å². The van der Waals surface area contributed by atoms with Gasteiger partial charge in [0.25, 0.3) is 5.91 Å². The number of benzene rings is 1. The van der Waals surface area contributed by atoms with Crippen molar-refractivity contribution in [2.45, 2.75) is 13.5 Å². The van der Waals surface area contributed by atoms with Crippen LogP contribution in [-0.2, 0) is 6.54 Å². The Morgan fingerprint density at radius 2 is 2.19 bits per heavy atom. The lowest BCUT2D eigenvalue weighted by atomic mass is 10.2. The summed E-state index contributed by atoms with van der Waals surface area (Å²) < 4.78 is 0. The van der Waals surface area contributed by atoms with Gasteiger partial charge in [0, 0.05) is 23.6 Å². The molecule has 0 saturated heterocycles. The van der Waals surface area contributed by atoms with Crippen molar-refractivity contribution in [1.82, 2.24) is 25.1 Å². The molecule has 1 aromatic carbocycles. The number of rotatable bonds is 3. The lowest BCUT2D eigenvalue weighted by molar-refractivity contribution is 0.0777. The quantitative estimate of drug-likeness (QED) is 0.633. The summed E-state index contributed by atoms with van der Waals surface area (Å²) >= 11 is 0. The maximum Gasteiger partial charge on any atom is 0.270 e. The second-order valence-corrected chi connectivity index (χ2v) is 5.03. The van der Waals surface area contributed by atoms with Crippen molar-refractivity contribution < 1.29 is 4.79 Å². The first-order valence-corrected chi connectivity index (χ1v) is 6.54. The van der Waals surface area contributed by atoms with Crippen LogP contribution in [0.5, 0.6) is 0 Å². The average molecular weight is 284 g/mol. The Morgan fingerprint density at radius 1 is 1.38 bits per heavy atom. The number of aromatic nitrogens is 4. The lowest BCUT2D eigenvalue weighted by Crippen LogP contribution is -2.27.